The van der Waals surface area contributed by atoms with Crippen LogP contribution in [0.1, 0.15) is 33.6 Å². The lowest BCUT2D eigenvalue weighted by Gasteiger charge is -2.04. The highest BCUT2D eigenvalue weighted by molar-refractivity contribution is 6.35. The Hall–Kier alpha value is -5.26. The number of benzene rings is 2. The molecule has 0 radical (unpaired) electrons. The van der Waals surface area contributed by atoms with Crippen LogP contribution in [-0.2, 0) is 9.59 Å². The maximum absolute atomic E-state index is 12.8. The minimum Gasteiger partial charge on any atom is -0.295 e. The van der Waals surface area contributed by atoms with Crippen molar-refractivity contribution in [1.29, 1.82) is 0 Å². The smallest absolute Gasteiger partial charge is 0.295 e. The van der Waals surface area contributed by atoms with E-state index < -0.39 is 11.8 Å². The molecule has 12 nitrogen and oxygen atoms in total. The number of nitrogens with one attached hydrogen (secondary N) is 4. The summed E-state index contributed by atoms with van der Waals surface area (Å²) in [6.07, 6.45) is 2.32. The minimum atomic E-state index is -1.10. The van der Waals surface area contributed by atoms with Crippen LogP contribution in [0, 0.1) is 27.7 Å². The third-order valence-electron chi connectivity index (χ3n) is 5.87. The van der Waals surface area contributed by atoms with E-state index in [1.807, 2.05) is 50.2 Å². The van der Waals surface area contributed by atoms with Gasteiger partial charge in [-0.05, 0) is 51.0 Å². The Morgan fingerprint density at radius 1 is 0.684 bits per heavy atom. The van der Waals surface area contributed by atoms with Gasteiger partial charge in [-0.3, -0.25) is 29.4 Å². The van der Waals surface area contributed by atoms with Crippen molar-refractivity contribution in [1.82, 2.24) is 30.4 Å². The maximum Gasteiger partial charge on any atom is 0.331 e. The number of para-hydroxylation sites is 2. The van der Waals surface area contributed by atoms with Crippen molar-refractivity contribution in [2.45, 2.75) is 27.7 Å². The summed E-state index contributed by atoms with van der Waals surface area (Å²) in [5.41, 5.74) is 8.07. The third-order valence-corrected chi connectivity index (χ3v) is 5.87. The first-order chi connectivity index (χ1) is 18.2. The van der Waals surface area contributed by atoms with E-state index in [1.165, 1.54) is 9.36 Å². The minimum absolute atomic E-state index is 0.222. The summed E-state index contributed by atoms with van der Waals surface area (Å²) in [4.78, 5) is 49.8. The van der Waals surface area contributed by atoms with E-state index >= 15 is 0 Å². The van der Waals surface area contributed by atoms with E-state index in [1.54, 1.807) is 26.0 Å². The predicted molar refractivity (Wildman–Crippen MR) is 143 cm³/mol. The number of hydrogen-bond donors (Lipinski definition) is 4. The summed E-state index contributed by atoms with van der Waals surface area (Å²) in [5.74, 6) is -2.21. The van der Waals surface area contributed by atoms with Crippen molar-refractivity contribution in [3.63, 3.8) is 0 Å². The number of carbonyl (C=O) groups excluding carboxylic acids is 2. The summed E-state index contributed by atoms with van der Waals surface area (Å²) >= 11 is 0. The van der Waals surface area contributed by atoms with Crippen molar-refractivity contribution in [2.24, 2.45) is 10.2 Å². The van der Waals surface area contributed by atoms with Gasteiger partial charge in [-0.15, -0.1) is 0 Å². The summed E-state index contributed by atoms with van der Waals surface area (Å²) < 4.78 is 2.76. The lowest BCUT2D eigenvalue weighted by atomic mass is 10.2. The molecular formula is C26H26N8O4. The molecule has 194 valence electrons. The molecule has 2 aromatic heterocycles. The molecule has 0 aliphatic rings. The molecule has 4 aromatic rings. The maximum atomic E-state index is 12.8. The lowest BCUT2D eigenvalue weighted by Crippen LogP contribution is -2.35. The summed E-state index contributed by atoms with van der Waals surface area (Å²) in [5, 5.41) is 13.4. The van der Waals surface area contributed by atoms with Crippen molar-refractivity contribution >= 4 is 24.2 Å². The second-order valence-corrected chi connectivity index (χ2v) is 8.55. The molecule has 4 N–H and O–H groups in total. The largest absolute Gasteiger partial charge is 0.331 e. The van der Waals surface area contributed by atoms with Crippen molar-refractivity contribution < 1.29 is 9.59 Å². The molecule has 0 aliphatic carbocycles. The number of nitrogens with zero attached hydrogens (tertiary/aromatic N) is 4. The Morgan fingerprint density at radius 3 is 1.42 bits per heavy atom. The van der Waals surface area contributed by atoms with E-state index in [4.69, 9.17) is 0 Å². The molecule has 38 heavy (non-hydrogen) atoms. The molecule has 12 heteroatoms. The number of carbonyl (C=O) groups is 2. The molecule has 0 atom stereocenters. The van der Waals surface area contributed by atoms with E-state index in [0.29, 0.717) is 22.8 Å². The molecule has 0 unspecified atom stereocenters. The van der Waals surface area contributed by atoms with Crippen LogP contribution in [-0.4, -0.2) is 43.8 Å². The van der Waals surface area contributed by atoms with Gasteiger partial charge in [0.15, 0.2) is 0 Å². The number of H-pyrrole nitrogens is 2. The van der Waals surface area contributed by atoms with Crippen LogP contribution in [0.2, 0.25) is 0 Å². The Kier molecular flexibility index (Phi) is 7.33. The molecule has 2 aromatic carbocycles. The van der Waals surface area contributed by atoms with Crippen LogP contribution in [0.15, 0.2) is 68.3 Å². The van der Waals surface area contributed by atoms with Crippen molar-refractivity contribution in [3.8, 4) is 11.4 Å². The quantitative estimate of drug-likeness (QED) is 0.174. The second-order valence-electron chi connectivity index (χ2n) is 8.55. The fraction of sp³-hybridized carbons (Fsp3) is 0.154. The van der Waals surface area contributed by atoms with Crippen LogP contribution in [0.3, 0.4) is 0 Å². The standard InChI is InChI=1S/C26H26N8O4/c1-15-9-5-7-11-21(15)33-25(37)19(17(3)31-33)13-27-29-23(35)24(36)30-28-14-20-18(4)32-34(26(20)38)22-12-8-6-10-16(22)2/h5-14,31-32H,1-4H3,(H,29,35)(H,30,36). The van der Waals surface area contributed by atoms with Crippen LogP contribution in [0.25, 0.3) is 11.4 Å². The Bertz CT molecular complexity index is 1570. The third kappa shape index (κ3) is 5.14. The van der Waals surface area contributed by atoms with E-state index in [-0.39, 0.29) is 22.2 Å². The zero-order valence-electron chi connectivity index (χ0n) is 21.2. The van der Waals surface area contributed by atoms with Crippen LogP contribution < -0.4 is 22.0 Å². The van der Waals surface area contributed by atoms with Gasteiger partial charge in [0.1, 0.15) is 0 Å². The average molecular weight is 515 g/mol. The number of aryl methyl sites for hydroxylation is 4. The molecule has 0 aliphatic heterocycles. The Labute approximate surface area is 216 Å². The first-order valence-corrected chi connectivity index (χ1v) is 11.6. The number of rotatable bonds is 6. The molecule has 4 rings (SSSR count). The normalized spacial score (nSPS) is 11.4. The van der Waals surface area contributed by atoms with Gasteiger partial charge in [0, 0.05) is 11.4 Å². The lowest BCUT2D eigenvalue weighted by molar-refractivity contribution is -0.139. The first-order valence-electron chi connectivity index (χ1n) is 11.6. The highest BCUT2D eigenvalue weighted by atomic mass is 16.2. The topological polar surface area (TPSA) is 158 Å². The van der Waals surface area contributed by atoms with Crippen LogP contribution in [0.4, 0.5) is 0 Å². The number of aromatic amines is 2. The number of amides is 2. The zero-order valence-corrected chi connectivity index (χ0v) is 21.2. The monoisotopic (exact) mass is 514 g/mol. The fourth-order valence-corrected chi connectivity index (χ4v) is 3.80. The number of hydrazone groups is 2. The van der Waals surface area contributed by atoms with Gasteiger partial charge >= 0.3 is 11.8 Å². The summed E-state index contributed by atoms with van der Waals surface area (Å²) in [6, 6.07) is 14.7. The molecule has 2 heterocycles. The van der Waals surface area contributed by atoms with E-state index in [0.717, 1.165) is 23.6 Å². The van der Waals surface area contributed by atoms with Crippen molar-refractivity contribution in [2.75, 3.05) is 0 Å². The summed E-state index contributed by atoms with van der Waals surface area (Å²) in [7, 11) is 0. The fourth-order valence-electron chi connectivity index (χ4n) is 3.80. The van der Waals surface area contributed by atoms with Gasteiger partial charge in [-0.1, -0.05) is 36.4 Å². The van der Waals surface area contributed by atoms with Gasteiger partial charge < -0.3 is 0 Å². The molecule has 0 bridgehead atoms. The number of hydrogen-bond acceptors (Lipinski definition) is 6. The van der Waals surface area contributed by atoms with Gasteiger partial charge in [0.05, 0.1) is 34.9 Å². The van der Waals surface area contributed by atoms with Gasteiger partial charge in [-0.25, -0.2) is 20.2 Å². The Morgan fingerprint density at radius 2 is 1.05 bits per heavy atom. The highest BCUT2D eigenvalue weighted by Gasteiger charge is 2.15. The van der Waals surface area contributed by atoms with Gasteiger partial charge in [-0.2, -0.15) is 10.2 Å². The molecule has 2 amide bonds. The molecule has 0 saturated heterocycles. The second kappa shape index (κ2) is 10.8. The zero-order chi connectivity index (χ0) is 27.4. The highest BCUT2D eigenvalue weighted by Crippen LogP contribution is 2.12. The summed E-state index contributed by atoms with van der Waals surface area (Å²) in [6.45, 7) is 7.14. The predicted octanol–water partition coefficient (Wildman–Crippen LogP) is 1.48. The first kappa shape index (κ1) is 25.8. The SMILES string of the molecule is Cc1ccccc1-n1[nH]c(C)c(C=NNC(=O)C(=O)NN=Cc2c(C)[nH]n(-c3ccccc3C)c2=O)c1=O. The average Bonchev–Trinajstić information content (AvgIpc) is 3.33. The van der Waals surface area contributed by atoms with E-state index in [9.17, 15) is 19.2 Å². The van der Waals surface area contributed by atoms with Gasteiger partial charge in [0.2, 0.25) is 0 Å². The van der Waals surface area contributed by atoms with E-state index in [2.05, 4.69) is 31.3 Å². The molecule has 0 fully saturated rings. The van der Waals surface area contributed by atoms with Crippen LogP contribution >= 0.6 is 0 Å². The molecule has 0 spiro atoms. The van der Waals surface area contributed by atoms with Gasteiger partial charge in [0.25, 0.3) is 11.1 Å². The molecule has 0 saturated carbocycles. The Balaban J connectivity index is 1.40. The van der Waals surface area contributed by atoms with Crippen LogP contribution in [0.5, 0.6) is 0 Å². The number of aromatic nitrogens is 4. The van der Waals surface area contributed by atoms with Crippen molar-refractivity contribution in [3.05, 3.63) is 103 Å². The molecular weight excluding hydrogens is 488 g/mol.